The van der Waals surface area contributed by atoms with E-state index in [4.69, 9.17) is 11.6 Å². The smallest absolute Gasteiger partial charge is 0.270 e. The van der Waals surface area contributed by atoms with Crippen LogP contribution in [0.1, 0.15) is 41.0 Å². The minimum atomic E-state index is -0.0129. The largest absolute Gasteiger partial charge is 0.356 e. The lowest BCUT2D eigenvalue weighted by Crippen LogP contribution is -2.41. The highest BCUT2D eigenvalue weighted by atomic mass is 35.5. The number of carbonyl (C=O) groups is 1. The second-order valence-electron chi connectivity index (χ2n) is 5.43. The van der Waals surface area contributed by atoms with Gasteiger partial charge in [-0.1, -0.05) is 11.6 Å². The predicted molar refractivity (Wildman–Crippen MR) is 79.5 cm³/mol. The summed E-state index contributed by atoms with van der Waals surface area (Å²) < 4.78 is 1.94. The lowest BCUT2D eigenvalue weighted by atomic mass is 10.1. The number of piperidine rings is 1. The predicted octanol–water partition coefficient (Wildman–Crippen LogP) is 2.35. The number of aromatic nitrogens is 4. The Bertz CT molecular complexity index is 662. The Labute approximate surface area is 128 Å². The molecule has 0 bridgehead atoms. The third-order valence-electron chi connectivity index (χ3n) is 3.82. The van der Waals surface area contributed by atoms with E-state index < -0.39 is 0 Å². The van der Waals surface area contributed by atoms with Gasteiger partial charge in [-0.2, -0.15) is 5.10 Å². The Kier molecular flexibility index (Phi) is 3.71. The summed E-state index contributed by atoms with van der Waals surface area (Å²) in [4.78, 5) is 21.6. The molecule has 0 aliphatic carbocycles. The molecule has 3 rings (SSSR count). The third kappa shape index (κ3) is 2.81. The molecule has 1 amide bonds. The van der Waals surface area contributed by atoms with Gasteiger partial charge in [-0.15, -0.1) is 0 Å². The van der Waals surface area contributed by atoms with Gasteiger partial charge in [-0.25, -0.2) is 9.67 Å². The minimum absolute atomic E-state index is 0.0129. The first-order valence-electron chi connectivity index (χ1n) is 7.07. The number of hydrogen-bond acceptors (Lipinski definition) is 3. The van der Waals surface area contributed by atoms with Crippen LogP contribution in [-0.2, 0) is 0 Å². The van der Waals surface area contributed by atoms with Gasteiger partial charge in [-0.3, -0.25) is 4.79 Å². The van der Waals surface area contributed by atoms with Crippen LogP contribution in [0.3, 0.4) is 0 Å². The molecule has 1 fully saturated rings. The molecule has 1 atom stereocenters. The van der Waals surface area contributed by atoms with Crippen LogP contribution in [0.2, 0.25) is 5.02 Å². The normalized spacial score (nSPS) is 19.0. The highest BCUT2D eigenvalue weighted by Crippen LogP contribution is 2.23. The van der Waals surface area contributed by atoms with E-state index in [0.29, 0.717) is 17.3 Å². The van der Waals surface area contributed by atoms with E-state index >= 15 is 0 Å². The molecule has 1 aliphatic rings. The maximum absolute atomic E-state index is 12.5. The fourth-order valence-electron chi connectivity index (χ4n) is 2.88. The number of likely N-dealkylation sites (tertiary alicyclic amines) is 1. The Morgan fingerprint density at radius 2 is 2.29 bits per heavy atom. The standard InChI is InChI=1S/C14H18ClN5O/c1-9-17-10(2)20(18-9)12-4-3-5-19(8-12)14(21)13-6-11(15)7-16-13/h6-7,12,16H,3-5,8H2,1-2H3. The molecule has 0 radical (unpaired) electrons. The van der Waals surface area contributed by atoms with E-state index in [-0.39, 0.29) is 11.9 Å². The summed E-state index contributed by atoms with van der Waals surface area (Å²) in [6.45, 7) is 5.25. The molecule has 3 heterocycles. The SMILES string of the molecule is Cc1nc(C)n(C2CCCN(C(=O)c3cc(Cl)c[nH]3)C2)n1. The third-order valence-corrected chi connectivity index (χ3v) is 4.03. The van der Waals surface area contributed by atoms with E-state index in [9.17, 15) is 4.79 Å². The topological polar surface area (TPSA) is 66.8 Å². The Morgan fingerprint density at radius 1 is 1.48 bits per heavy atom. The van der Waals surface area contributed by atoms with E-state index in [1.807, 2.05) is 23.4 Å². The van der Waals surface area contributed by atoms with Gasteiger partial charge in [0.1, 0.15) is 17.3 Å². The summed E-state index contributed by atoms with van der Waals surface area (Å²) >= 11 is 5.87. The number of aromatic amines is 1. The summed E-state index contributed by atoms with van der Waals surface area (Å²) in [5, 5.41) is 4.99. The second-order valence-corrected chi connectivity index (χ2v) is 5.87. The highest BCUT2D eigenvalue weighted by Gasteiger charge is 2.27. The van der Waals surface area contributed by atoms with Crippen LogP contribution in [0.25, 0.3) is 0 Å². The molecule has 21 heavy (non-hydrogen) atoms. The van der Waals surface area contributed by atoms with Gasteiger partial charge in [-0.05, 0) is 32.8 Å². The van der Waals surface area contributed by atoms with Gasteiger partial charge >= 0.3 is 0 Å². The average Bonchev–Trinajstić information content (AvgIpc) is 3.04. The molecule has 7 heteroatoms. The van der Waals surface area contributed by atoms with E-state index in [2.05, 4.69) is 15.1 Å². The fourth-order valence-corrected chi connectivity index (χ4v) is 3.05. The minimum Gasteiger partial charge on any atom is -0.356 e. The number of nitrogens with zero attached hydrogens (tertiary/aromatic N) is 4. The van der Waals surface area contributed by atoms with Crippen molar-refractivity contribution in [1.82, 2.24) is 24.6 Å². The molecule has 0 aromatic carbocycles. The van der Waals surface area contributed by atoms with Gasteiger partial charge < -0.3 is 9.88 Å². The molecular formula is C14H18ClN5O. The molecule has 1 aliphatic heterocycles. The van der Waals surface area contributed by atoms with Crippen molar-refractivity contribution in [2.45, 2.75) is 32.7 Å². The molecule has 112 valence electrons. The van der Waals surface area contributed by atoms with Crippen molar-refractivity contribution in [3.63, 3.8) is 0 Å². The molecule has 1 unspecified atom stereocenters. The molecule has 6 nitrogen and oxygen atoms in total. The number of carbonyl (C=O) groups excluding carboxylic acids is 1. The molecular weight excluding hydrogens is 290 g/mol. The number of halogens is 1. The second kappa shape index (κ2) is 5.52. The first kappa shape index (κ1) is 14.1. The number of H-pyrrole nitrogens is 1. The Hall–Kier alpha value is -1.82. The maximum Gasteiger partial charge on any atom is 0.270 e. The highest BCUT2D eigenvalue weighted by molar-refractivity contribution is 6.30. The molecule has 2 aromatic heterocycles. The summed E-state index contributed by atoms with van der Waals surface area (Å²) in [6.07, 6.45) is 3.60. The van der Waals surface area contributed by atoms with Crippen LogP contribution < -0.4 is 0 Å². The molecule has 1 N–H and O–H groups in total. The number of rotatable bonds is 2. The molecule has 0 spiro atoms. The monoisotopic (exact) mass is 307 g/mol. The van der Waals surface area contributed by atoms with E-state index in [0.717, 1.165) is 31.0 Å². The molecule has 0 saturated carbocycles. The zero-order chi connectivity index (χ0) is 15.0. The van der Waals surface area contributed by atoms with Crippen LogP contribution in [0.15, 0.2) is 12.3 Å². The number of hydrogen-bond donors (Lipinski definition) is 1. The van der Waals surface area contributed by atoms with Gasteiger partial charge in [0.05, 0.1) is 11.1 Å². The lowest BCUT2D eigenvalue weighted by Gasteiger charge is -2.32. The van der Waals surface area contributed by atoms with Crippen LogP contribution >= 0.6 is 11.6 Å². The molecule has 2 aromatic rings. The van der Waals surface area contributed by atoms with Gasteiger partial charge in [0.2, 0.25) is 0 Å². The van der Waals surface area contributed by atoms with Gasteiger partial charge in [0.25, 0.3) is 5.91 Å². The van der Waals surface area contributed by atoms with Crippen molar-refractivity contribution in [1.29, 1.82) is 0 Å². The van der Waals surface area contributed by atoms with E-state index in [1.54, 1.807) is 12.3 Å². The van der Waals surface area contributed by atoms with E-state index in [1.165, 1.54) is 0 Å². The van der Waals surface area contributed by atoms with Crippen LogP contribution in [0, 0.1) is 13.8 Å². The van der Waals surface area contributed by atoms with Crippen molar-refractivity contribution in [3.05, 3.63) is 34.6 Å². The van der Waals surface area contributed by atoms with Crippen molar-refractivity contribution in [2.75, 3.05) is 13.1 Å². The van der Waals surface area contributed by atoms with Gasteiger partial charge in [0.15, 0.2) is 0 Å². The maximum atomic E-state index is 12.5. The Balaban J connectivity index is 1.77. The Morgan fingerprint density at radius 3 is 2.90 bits per heavy atom. The molecule has 1 saturated heterocycles. The number of amides is 1. The van der Waals surface area contributed by atoms with Gasteiger partial charge in [0, 0.05) is 19.3 Å². The first-order valence-corrected chi connectivity index (χ1v) is 7.45. The zero-order valence-corrected chi connectivity index (χ0v) is 12.9. The summed E-state index contributed by atoms with van der Waals surface area (Å²) in [7, 11) is 0. The summed E-state index contributed by atoms with van der Waals surface area (Å²) in [5.41, 5.74) is 0.534. The quantitative estimate of drug-likeness (QED) is 0.926. The summed E-state index contributed by atoms with van der Waals surface area (Å²) in [5.74, 6) is 1.66. The zero-order valence-electron chi connectivity index (χ0n) is 12.1. The van der Waals surface area contributed by atoms with Crippen molar-refractivity contribution in [3.8, 4) is 0 Å². The van der Waals surface area contributed by atoms with Crippen molar-refractivity contribution >= 4 is 17.5 Å². The van der Waals surface area contributed by atoms with Crippen molar-refractivity contribution in [2.24, 2.45) is 0 Å². The average molecular weight is 308 g/mol. The first-order chi connectivity index (χ1) is 10.0. The van der Waals surface area contributed by atoms with Crippen LogP contribution in [-0.4, -0.2) is 43.6 Å². The lowest BCUT2D eigenvalue weighted by molar-refractivity contribution is 0.0666. The summed E-state index contributed by atoms with van der Waals surface area (Å²) in [6, 6.07) is 1.85. The van der Waals surface area contributed by atoms with Crippen LogP contribution in [0.4, 0.5) is 0 Å². The van der Waals surface area contributed by atoms with Crippen LogP contribution in [0.5, 0.6) is 0 Å². The number of aryl methyl sites for hydroxylation is 2. The fraction of sp³-hybridized carbons (Fsp3) is 0.500. The number of nitrogens with one attached hydrogen (secondary N) is 1. The van der Waals surface area contributed by atoms with Crippen molar-refractivity contribution < 1.29 is 4.79 Å².